The van der Waals surface area contributed by atoms with Crippen molar-refractivity contribution >= 4 is 11.9 Å². The molecule has 0 aromatic heterocycles. The number of nitrogens with zero attached hydrogens (tertiary/aromatic N) is 1. The highest BCUT2D eigenvalue weighted by atomic mass is 16.2. The van der Waals surface area contributed by atoms with Crippen molar-refractivity contribution in [2.24, 2.45) is 5.73 Å². The molecule has 1 saturated carbocycles. The second-order valence-corrected chi connectivity index (χ2v) is 7.65. The molecule has 5 nitrogen and oxygen atoms in total. The van der Waals surface area contributed by atoms with Gasteiger partial charge in [0.25, 0.3) is 0 Å². The van der Waals surface area contributed by atoms with Gasteiger partial charge in [0, 0.05) is 12.6 Å². The number of hydrogen-bond donors (Lipinski definition) is 3. The average Bonchev–Trinajstić information content (AvgIpc) is 3.40. The number of benzene rings is 2. The predicted octanol–water partition coefficient (Wildman–Crippen LogP) is 2.63. The van der Waals surface area contributed by atoms with Crippen LogP contribution in [0.15, 0.2) is 54.6 Å². The van der Waals surface area contributed by atoms with Crippen molar-refractivity contribution in [3.05, 3.63) is 71.3 Å². The third kappa shape index (κ3) is 2.51. The summed E-state index contributed by atoms with van der Waals surface area (Å²) in [5.41, 5.74) is 8.46. The maximum atomic E-state index is 13.1. The number of rotatable bonds is 3. The first-order valence-electron chi connectivity index (χ1n) is 8.94. The number of amides is 1. The van der Waals surface area contributed by atoms with E-state index in [0.717, 1.165) is 29.5 Å². The molecule has 0 radical (unpaired) electrons. The van der Waals surface area contributed by atoms with Gasteiger partial charge in [-0.15, -0.1) is 0 Å². The van der Waals surface area contributed by atoms with E-state index in [-0.39, 0.29) is 17.4 Å². The van der Waals surface area contributed by atoms with E-state index in [1.54, 1.807) is 7.05 Å². The third-order valence-electron chi connectivity index (χ3n) is 5.85. The number of carbonyl (C=O) groups is 1. The summed E-state index contributed by atoms with van der Waals surface area (Å²) >= 11 is 0. The lowest BCUT2D eigenvalue weighted by molar-refractivity contribution is -0.131. The fourth-order valence-electron chi connectivity index (χ4n) is 3.88. The highest BCUT2D eigenvalue weighted by Gasteiger charge is 2.48. The topological polar surface area (TPSA) is 82.2 Å². The van der Waals surface area contributed by atoms with Crippen LogP contribution in [0.1, 0.15) is 42.4 Å². The van der Waals surface area contributed by atoms with Crippen molar-refractivity contribution in [2.45, 2.75) is 36.8 Å². The molecule has 4 N–H and O–H groups in total. The molecule has 4 rings (SSSR count). The molecule has 0 bridgehead atoms. The first-order chi connectivity index (χ1) is 12.3. The Morgan fingerprint density at radius 1 is 1.08 bits per heavy atom. The van der Waals surface area contributed by atoms with Crippen LogP contribution in [0.3, 0.4) is 0 Å². The fraction of sp³-hybridized carbons (Fsp3) is 0.333. The van der Waals surface area contributed by atoms with Gasteiger partial charge in [-0.05, 0) is 36.5 Å². The Bertz CT molecular complexity index is 857. The molecule has 0 spiro atoms. The molecule has 1 amide bonds. The number of guanidine groups is 1. The van der Waals surface area contributed by atoms with Crippen LogP contribution in [0.2, 0.25) is 0 Å². The average molecular weight is 348 g/mol. The van der Waals surface area contributed by atoms with Gasteiger partial charge in [0.2, 0.25) is 5.91 Å². The van der Waals surface area contributed by atoms with Crippen LogP contribution in [-0.2, 0) is 15.9 Å². The zero-order chi connectivity index (χ0) is 18.5. The van der Waals surface area contributed by atoms with Crippen molar-refractivity contribution in [3.8, 4) is 0 Å². The van der Waals surface area contributed by atoms with Gasteiger partial charge < -0.3 is 11.1 Å². The molecule has 2 aliphatic rings. The number of nitrogens with two attached hydrogens (primary N) is 1. The molecule has 1 aliphatic heterocycles. The quantitative estimate of drug-likeness (QED) is 0.797. The van der Waals surface area contributed by atoms with E-state index in [1.165, 1.54) is 4.90 Å². The Hall–Kier alpha value is -2.66. The second kappa shape index (κ2) is 5.68. The lowest BCUT2D eigenvalue weighted by Crippen LogP contribution is -2.62. The Kier molecular flexibility index (Phi) is 3.66. The Labute approximate surface area is 153 Å². The summed E-state index contributed by atoms with van der Waals surface area (Å²) in [6.45, 7) is 1.99. The molecule has 0 unspecified atom stereocenters. The van der Waals surface area contributed by atoms with Crippen LogP contribution in [0.5, 0.6) is 0 Å². The molecule has 26 heavy (non-hydrogen) atoms. The van der Waals surface area contributed by atoms with Gasteiger partial charge in [-0.3, -0.25) is 15.1 Å². The van der Waals surface area contributed by atoms with Crippen molar-refractivity contribution in [3.63, 3.8) is 0 Å². The minimum absolute atomic E-state index is 0.0817. The normalized spacial score (nSPS) is 27.2. The van der Waals surface area contributed by atoms with Crippen molar-refractivity contribution in [1.82, 2.24) is 10.2 Å². The molecule has 5 heteroatoms. The summed E-state index contributed by atoms with van der Waals surface area (Å²) in [5.74, 6) is -0.388. The molecular formula is C21H24N4O. The lowest BCUT2D eigenvalue weighted by Gasteiger charge is -2.46. The van der Waals surface area contributed by atoms with Crippen LogP contribution >= 0.6 is 0 Å². The van der Waals surface area contributed by atoms with E-state index in [0.29, 0.717) is 0 Å². The van der Waals surface area contributed by atoms with Gasteiger partial charge >= 0.3 is 0 Å². The van der Waals surface area contributed by atoms with E-state index in [2.05, 4.69) is 5.32 Å². The molecule has 1 aliphatic carbocycles. The molecule has 2 atom stereocenters. The number of likely N-dealkylation sites (N-methyl/N-ethyl adjacent to an activating group) is 1. The minimum Gasteiger partial charge on any atom is -0.346 e. The summed E-state index contributed by atoms with van der Waals surface area (Å²) in [7, 11) is 1.64. The summed E-state index contributed by atoms with van der Waals surface area (Å²) in [6.07, 6.45) is 2.02. The monoisotopic (exact) mass is 348 g/mol. The SMILES string of the molecule is CN1C(=N)N[C@](C)(c2ccccc2)[C@@H](c2ccc(C3(N)CC3)cc2)C1=O. The highest BCUT2D eigenvalue weighted by molar-refractivity contribution is 6.02. The standard InChI is InChI=1S/C21H24N4O/c1-20(15-6-4-3-5-7-15)17(18(26)25(2)19(22)24-20)14-8-10-16(11-9-14)21(23)12-13-21/h3-11,17H,12-13,23H2,1-2H3,(H2,22,24)/t17-,20+/m0/s1. The molecule has 2 aromatic rings. The van der Waals surface area contributed by atoms with Crippen LogP contribution in [0, 0.1) is 5.41 Å². The second-order valence-electron chi connectivity index (χ2n) is 7.65. The van der Waals surface area contributed by atoms with E-state index in [4.69, 9.17) is 11.1 Å². The summed E-state index contributed by atoms with van der Waals surface area (Å²) in [4.78, 5) is 14.5. The Morgan fingerprint density at radius 2 is 1.69 bits per heavy atom. The first kappa shape index (κ1) is 16.8. The number of nitrogens with one attached hydrogen (secondary N) is 2. The van der Waals surface area contributed by atoms with Crippen LogP contribution in [-0.4, -0.2) is 23.8 Å². The maximum absolute atomic E-state index is 13.1. The van der Waals surface area contributed by atoms with Gasteiger partial charge in [0.15, 0.2) is 5.96 Å². The Balaban J connectivity index is 1.79. The maximum Gasteiger partial charge on any atom is 0.239 e. The van der Waals surface area contributed by atoms with Gasteiger partial charge in [-0.2, -0.15) is 0 Å². The molecular weight excluding hydrogens is 324 g/mol. The summed E-state index contributed by atoms with van der Waals surface area (Å²) in [6, 6.07) is 18.0. The lowest BCUT2D eigenvalue weighted by atomic mass is 9.73. The minimum atomic E-state index is -0.691. The van der Waals surface area contributed by atoms with Crippen LogP contribution in [0.4, 0.5) is 0 Å². The zero-order valence-electron chi connectivity index (χ0n) is 15.1. The molecule has 2 aromatic carbocycles. The molecule has 134 valence electrons. The summed E-state index contributed by atoms with van der Waals surface area (Å²) in [5, 5.41) is 11.4. The van der Waals surface area contributed by atoms with E-state index in [1.807, 2.05) is 61.5 Å². The predicted molar refractivity (Wildman–Crippen MR) is 102 cm³/mol. The summed E-state index contributed by atoms with van der Waals surface area (Å²) < 4.78 is 0. The van der Waals surface area contributed by atoms with Crippen molar-refractivity contribution in [2.75, 3.05) is 7.05 Å². The zero-order valence-corrected chi connectivity index (χ0v) is 15.1. The van der Waals surface area contributed by atoms with E-state index >= 15 is 0 Å². The largest absolute Gasteiger partial charge is 0.346 e. The van der Waals surface area contributed by atoms with Crippen molar-refractivity contribution in [1.29, 1.82) is 5.41 Å². The smallest absolute Gasteiger partial charge is 0.239 e. The number of carbonyl (C=O) groups excluding carboxylic acids is 1. The fourth-order valence-corrected chi connectivity index (χ4v) is 3.88. The van der Waals surface area contributed by atoms with Gasteiger partial charge in [0.05, 0.1) is 11.5 Å². The Morgan fingerprint density at radius 3 is 2.27 bits per heavy atom. The third-order valence-corrected chi connectivity index (χ3v) is 5.85. The van der Waals surface area contributed by atoms with Gasteiger partial charge in [-0.1, -0.05) is 54.6 Å². The molecule has 1 heterocycles. The molecule has 1 saturated heterocycles. The van der Waals surface area contributed by atoms with Crippen LogP contribution in [0.25, 0.3) is 0 Å². The number of hydrogen-bond acceptors (Lipinski definition) is 3. The van der Waals surface area contributed by atoms with Crippen molar-refractivity contribution < 1.29 is 4.79 Å². The van der Waals surface area contributed by atoms with Gasteiger partial charge in [-0.25, -0.2) is 0 Å². The highest BCUT2D eigenvalue weighted by Crippen LogP contribution is 2.44. The van der Waals surface area contributed by atoms with E-state index < -0.39 is 11.5 Å². The first-order valence-corrected chi connectivity index (χ1v) is 8.94. The van der Waals surface area contributed by atoms with E-state index in [9.17, 15) is 4.79 Å². The molecule has 2 fully saturated rings. The van der Waals surface area contributed by atoms with Crippen LogP contribution < -0.4 is 11.1 Å². The van der Waals surface area contributed by atoms with Gasteiger partial charge in [0.1, 0.15) is 0 Å².